The number of halogens is 1. The molecule has 2 rings (SSSR count). The van der Waals surface area contributed by atoms with Gasteiger partial charge in [0.25, 0.3) is 0 Å². The summed E-state index contributed by atoms with van der Waals surface area (Å²) in [5.41, 5.74) is 6.48. The summed E-state index contributed by atoms with van der Waals surface area (Å²) in [6.45, 7) is 0. The number of nitrogens with zero attached hydrogens (tertiary/aromatic N) is 1. The van der Waals surface area contributed by atoms with Gasteiger partial charge >= 0.3 is 0 Å². The lowest BCUT2D eigenvalue weighted by atomic mass is 10.2. The molecule has 0 aliphatic rings. The summed E-state index contributed by atoms with van der Waals surface area (Å²) >= 11 is 2.87. The lowest BCUT2D eigenvalue weighted by Gasteiger charge is -2.09. The second-order valence-electron chi connectivity index (χ2n) is 4.53. The summed E-state index contributed by atoms with van der Waals surface area (Å²) in [6, 6.07) is 3.01. The normalized spacial score (nSPS) is 12.5. The van der Waals surface area contributed by atoms with Crippen molar-refractivity contribution in [3.05, 3.63) is 22.9 Å². The standard InChI is InChI=1S/C12H15N3O3S3.ClH/c1-21(17,18)6-4-8(13)11(16)15-12-14-9(7-20-12)10-3-2-5-19-10;/h2-3,5,7-8H,4,6,13H2,1H3,(H,14,15,16);1H. The minimum absolute atomic E-state index is 0. The van der Waals surface area contributed by atoms with Gasteiger partial charge < -0.3 is 11.1 Å². The van der Waals surface area contributed by atoms with Gasteiger partial charge in [-0.2, -0.15) is 0 Å². The van der Waals surface area contributed by atoms with E-state index in [4.69, 9.17) is 5.73 Å². The lowest BCUT2D eigenvalue weighted by molar-refractivity contribution is -0.117. The molecule has 3 N–H and O–H groups in total. The molecule has 6 nitrogen and oxygen atoms in total. The number of sulfone groups is 1. The van der Waals surface area contributed by atoms with Crippen LogP contribution in [0.4, 0.5) is 5.13 Å². The Labute approximate surface area is 143 Å². The maximum Gasteiger partial charge on any atom is 0.243 e. The number of nitrogens with two attached hydrogens (primary N) is 1. The molecule has 122 valence electrons. The number of rotatable bonds is 6. The Kier molecular flexibility index (Phi) is 6.95. The second kappa shape index (κ2) is 8.02. The number of aromatic nitrogens is 1. The van der Waals surface area contributed by atoms with Crippen molar-refractivity contribution >= 4 is 56.0 Å². The predicted molar refractivity (Wildman–Crippen MR) is 93.6 cm³/mol. The number of anilines is 1. The number of hydrogen-bond donors (Lipinski definition) is 2. The number of carbonyl (C=O) groups is 1. The van der Waals surface area contributed by atoms with E-state index in [0.29, 0.717) is 5.13 Å². The zero-order valence-electron chi connectivity index (χ0n) is 11.7. The van der Waals surface area contributed by atoms with E-state index in [9.17, 15) is 13.2 Å². The van der Waals surface area contributed by atoms with E-state index in [1.54, 1.807) is 11.3 Å². The number of nitrogens with one attached hydrogen (secondary N) is 1. The van der Waals surface area contributed by atoms with Crippen LogP contribution in [0.25, 0.3) is 10.6 Å². The van der Waals surface area contributed by atoms with E-state index in [-0.39, 0.29) is 24.6 Å². The lowest BCUT2D eigenvalue weighted by Crippen LogP contribution is -2.37. The fraction of sp³-hybridized carbons (Fsp3) is 0.333. The van der Waals surface area contributed by atoms with E-state index < -0.39 is 21.8 Å². The Morgan fingerprint density at radius 3 is 2.77 bits per heavy atom. The van der Waals surface area contributed by atoms with Gasteiger partial charge in [-0.1, -0.05) is 6.07 Å². The van der Waals surface area contributed by atoms with Gasteiger partial charge in [0, 0.05) is 11.6 Å². The van der Waals surface area contributed by atoms with Crippen LogP contribution in [0, 0.1) is 0 Å². The zero-order chi connectivity index (χ0) is 15.5. The number of hydrogen-bond acceptors (Lipinski definition) is 7. The molecule has 0 fully saturated rings. The molecule has 1 amide bonds. The highest BCUT2D eigenvalue weighted by molar-refractivity contribution is 7.90. The molecule has 2 aromatic heterocycles. The zero-order valence-corrected chi connectivity index (χ0v) is 14.9. The van der Waals surface area contributed by atoms with Gasteiger partial charge in [-0.15, -0.1) is 35.1 Å². The third-order valence-electron chi connectivity index (χ3n) is 2.64. The first kappa shape index (κ1) is 19.0. The third kappa shape index (κ3) is 5.65. The highest BCUT2D eigenvalue weighted by Crippen LogP contribution is 2.28. The van der Waals surface area contributed by atoms with Crippen molar-refractivity contribution in [3.63, 3.8) is 0 Å². The molecular formula is C12H16ClN3O3S3. The Bertz CT molecular complexity index is 713. The average Bonchev–Trinajstić information content (AvgIpc) is 3.04. The summed E-state index contributed by atoms with van der Waals surface area (Å²) in [6.07, 6.45) is 1.21. The van der Waals surface area contributed by atoms with Gasteiger partial charge in [0.05, 0.1) is 22.4 Å². The maximum atomic E-state index is 11.9. The van der Waals surface area contributed by atoms with Gasteiger partial charge in [-0.25, -0.2) is 13.4 Å². The van der Waals surface area contributed by atoms with Gasteiger partial charge in [-0.3, -0.25) is 4.79 Å². The van der Waals surface area contributed by atoms with Crippen LogP contribution in [0.5, 0.6) is 0 Å². The van der Waals surface area contributed by atoms with Crippen molar-refractivity contribution in [1.82, 2.24) is 4.98 Å². The Balaban J connectivity index is 0.00000242. The van der Waals surface area contributed by atoms with Crippen molar-refractivity contribution in [1.29, 1.82) is 0 Å². The molecule has 10 heteroatoms. The number of carbonyl (C=O) groups excluding carboxylic acids is 1. The summed E-state index contributed by atoms with van der Waals surface area (Å²) in [7, 11) is -3.12. The summed E-state index contributed by atoms with van der Waals surface area (Å²) in [4.78, 5) is 17.2. The largest absolute Gasteiger partial charge is 0.320 e. The first-order chi connectivity index (χ1) is 9.85. The van der Waals surface area contributed by atoms with Gasteiger partial charge in [0.1, 0.15) is 9.84 Å². The van der Waals surface area contributed by atoms with Crippen molar-refractivity contribution in [2.24, 2.45) is 5.73 Å². The van der Waals surface area contributed by atoms with Gasteiger partial charge in [0.2, 0.25) is 5.91 Å². The van der Waals surface area contributed by atoms with Crippen molar-refractivity contribution in [2.45, 2.75) is 12.5 Å². The summed E-state index contributed by atoms with van der Waals surface area (Å²) in [5, 5.41) is 6.87. The average molecular weight is 382 g/mol. The number of amides is 1. The highest BCUT2D eigenvalue weighted by atomic mass is 35.5. The van der Waals surface area contributed by atoms with Crippen molar-refractivity contribution < 1.29 is 13.2 Å². The van der Waals surface area contributed by atoms with Crippen LogP contribution in [0.1, 0.15) is 6.42 Å². The molecule has 0 aliphatic carbocycles. The molecule has 0 aromatic carbocycles. The fourth-order valence-corrected chi connectivity index (χ4v) is 3.70. The van der Waals surface area contributed by atoms with Crippen LogP contribution in [-0.2, 0) is 14.6 Å². The van der Waals surface area contributed by atoms with Gasteiger partial charge in [-0.05, 0) is 17.9 Å². The van der Waals surface area contributed by atoms with Crippen LogP contribution >= 0.6 is 35.1 Å². The van der Waals surface area contributed by atoms with E-state index in [1.165, 1.54) is 11.3 Å². The smallest absolute Gasteiger partial charge is 0.243 e. The summed E-state index contributed by atoms with van der Waals surface area (Å²) < 4.78 is 22.1. The minimum atomic E-state index is -3.12. The molecule has 0 radical (unpaired) electrons. The van der Waals surface area contributed by atoms with Crippen LogP contribution in [-0.4, -0.2) is 37.4 Å². The third-order valence-corrected chi connectivity index (χ3v) is 5.27. The minimum Gasteiger partial charge on any atom is -0.320 e. The molecule has 22 heavy (non-hydrogen) atoms. The first-order valence-electron chi connectivity index (χ1n) is 6.09. The molecule has 1 atom stereocenters. The van der Waals surface area contributed by atoms with Crippen LogP contribution < -0.4 is 11.1 Å². The van der Waals surface area contributed by atoms with E-state index in [1.807, 2.05) is 22.9 Å². The molecule has 0 saturated heterocycles. The summed E-state index contributed by atoms with van der Waals surface area (Å²) in [5.74, 6) is -0.536. The number of thiophene rings is 1. The van der Waals surface area contributed by atoms with E-state index in [0.717, 1.165) is 16.8 Å². The first-order valence-corrected chi connectivity index (χ1v) is 9.91. The van der Waals surface area contributed by atoms with Crippen molar-refractivity contribution in [2.75, 3.05) is 17.3 Å². The monoisotopic (exact) mass is 381 g/mol. The quantitative estimate of drug-likeness (QED) is 0.796. The molecule has 0 aliphatic heterocycles. The second-order valence-corrected chi connectivity index (χ2v) is 8.60. The number of thiazole rings is 1. The van der Waals surface area contributed by atoms with E-state index in [2.05, 4.69) is 10.3 Å². The highest BCUT2D eigenvalue weighted by Gasteiger charge is 2.17. The van der Waals surface area contributed by atoms with Gasteiger partial charge in [0.15, 0.2) is 5.13 Å². The SMILES string of the molecule is CS(=O)(=O)CCC(N)C(=O)Nc1nc(-c2cccs2)cs1.Cl. The molecule has 1 unspecified atom stereocenters. The van der Waals surface area contributed by atoms with E-state index >= 15 is 0 Å². The maximum absolute atomic E-state index is 11.9. The molecule has 0 saturated carbocycles. The molecule has 0 bridgehead atoms. The van der Waals surface area contributed by atoms with Crippen LogP contribution in [0.3, 0.4) is 0 Å². The fourth-order valence-electron chi connectivity index (χ4n) is 1.54. The molecule has 2 heterocycles. The Morgan fingerprint density at radius 1 is 1.45 bits per heavy atom. The van der Waals surface area contributed by atoms with Crippen LogP contribution in [0.2, 0.25) is 0 Å². The van der Waals surface area contributed by atoms with Crippen molar-refractivity contribution in [3.8, 4) is 10.6 Å². The Morgan fingerprint density at radius 2 is 2.18 bits per heavy atom. The van der Waals surface area contributed by atoms with Crippen LogP contribution in [0.15, 0.2) is 22.9 Å². The predicted octanol–water partition coefficient (Wildman–Crippen LogP) is 1.99. The molecule has 2 aromatic rings. The Hall–Kier alpha value is -1.000. The topological polar surface area (TPSA) is 102 Å². The molecule has 0 spiro atoms. The molecular weight excluding hydrogens is 366 g/mol.